The smallest absolute Gasteiger partial charge is 0.350 e. The van der Waals surface area contributed by atoms with Crippen LogP contribution in [-0.4, -0.2) is 29.8 Å². The molecule has 1 aliphatic rings. The molecule has 1 aliphatic carbocycles. The van der Waals surface area contributed by atoms with Crippen molar-refractivity contribution in [3.63, 3.8) is 0 Å². The third-order valence-corrected chi connectivity index (χ3v) is 3.53. The highest BCUT2D eigenvalue weighted by Gasteiger charge is 2.59. The molecule has 0 aromatic carbocycles. The van der Waals surface area contributed by atoms with Crippen molar-refractivity contribution in [3.8, 4) is 0 Å². The van der Waals surface area contributed by atoms with Gasteiger partial charge in [-0.15, -0.1) is 11.3 Å². The average Bonchev–Trinajstić information content (AvgIpc) is 2.76. The Morgan fingerprint density at radius 3 is 2.82 bits per heavy atom. The number of aldehydes is 1. The van der Waals surface area contributed by atoms with Crippen molar-refractivity contribution >= 4 is 23.6 Å². The molecule has 0 radical (unpaired) electrons. The van der Waals surface area contributed by atoms with Crippen molar-refractivity contribution in [2.24, 2.45) is 0 Å². The fourth-order valence-corrected chi connectivity index (χ4v) is 2.49. The highest BCUT2D eigenvalue weighted by molar-refractivity contribution is 7.14. The molecule has 2 rings (SSSR count). The number of esters is 1. The summed E-state index contributed by atoms with van der Waals surface area (Å²) < 4.78 is 30.4. The fourth-order valence-electron chi connectivity index (χ4n) is 1.40. The van der Waals surface area contributed by atoms with E-state index in [1.807, 2.05) is 0 Å². The lowest BCUT2D eigenvalue weighted by Crippen LogP contribution is -2.05. The lowest BCUT2D eigenvalue weighted by molar-refractivity contribution is 0.0529. The SMILES string of the molecule is CCOC(=O)c1sc(C2CC2(F)F)nc1C=O. The Bertz CT molecular complexity index is 472. The van der Waals surface area contributed by atoms with E-state index in [1.165, 1.54) is 0 Å². The highest BCUT2D eigenvalue weighted by Crippen LogP contribution is 2.56. The molecule has 0 N–H and O–H groups in total. The van der Waals surface area contributed by atoms with E-state index >= 15 is 0 Å². The van der Waals surface area contributed by atoms with Crippen molar-refractivity contribution < 1.29 is 23.1 Å². The van der Waals surface area contributed by atoms with Crippen LogP contribution in [-0.2, 0) is 4.74 Å². The number of alkyl halides is 2. The van der Waals surface area contributed by atoms with Crippen LogP contribution in [0.4, 0.5) is 8.78 Å². The molecule has 0 amide bonds. The van der Waals surface area contributed by atoms with E-state index in [-0.39, 0.29) is 28.6 Å². The van der Waals surface area contributed by atoms with Gasteiger partial charge in [0.2, 0.25) is 0 Å². The molecule has 7 heteroatoms. The number of aromatic nitrogens is 1. The van der Waals surface area contributed by atoms with Crippen molar-refractivity contribution in [3.05, 3.63) is 15.6 Å². The van der Waals surface area contributed by atoms with Gasteiger partial charge in [-0.3, -0.25) is 4.79 Å². The number of rotatable bonds is 4. The molecule has 1 unspecified atom stereocenters. The fraction of sp³-hybridized carbons (Fsp3) is 0.500. The third kappa shape index (κ3) is 2.19. The van der Waals surface area contributed by atoms with E-state index in [0.717, 1.165) is 11.3 Å². The lowest BCUT2D eigenvalue weighted by Gasteiger charge is -1.97. The minimum atomic E-state index is -2.76. The van der Waals surface area contributed by atoms with Gasteiger partial charge < -0.3 is 4.74 Å². The summed E-state index contributed by atoms with van der Waals surface area (Å²) in [5, 5.41) is 0.125. The van der Waals surface area contributed by atoms with Crippen LogP contribution in [0.1, 0.15) is 44.4 Å². The molecule has 0 bridgehead atoms. The van der Waals surface area contributed by atoms with Gasteiger partial charge in [0.25, 0.3) is 5.92 Å². The first-order chi connectivity index (χ1) is 7.99. The van der Waals surface area contributed by atoms with Gasteiger partial charge in [0, 0.05) is 6.42 Å². The number of halogens is 2. The van der Waals surface area contributed by atoms with Gasteiger partial charge >= 0.3 is 5.97 Å². The van der Waals surface area contributed by atoms with Crippen molar-refractivity contribution in [2.75, 3.05) is 6.61 Å². The van der Waals surface area contributed by atoms with E-state index < -0.39 is 17.8 Å². The van der Waals surface area contributed by atoms with E-state index in [2.05, 4.69) is 4.98 Å². The topological polar surface area (TPSA) is 56.3 Å². The number of hydrogen-bond donors (Lipinski definition) is 0. The molecule has 1 atom stereocenters. The molecule has 92 valence electrons. The molecule has 0 aliphatic heterocycles. The van der Waals surface area contributed by atoms with Gasteiger partial charge in [0.15, 0.2) is 6.29 Å². The van der Waals surface area contributed by atoms with Crippen LogP contribution in [0.15, 0.2) is 0 Å². The average molecular weight is 261 g/mol. The van der Waals surface area contributed by atoms with Gasteiger partial charge in [0.05, 0.1) is 12.5 Å². The molecule has 4 nitrogen and oxygen atoms in total. The summed E-state index contributed by atoms with van der Waals surface area (Å²) in [6.07, 6.45) is 0.105. The van der Waals surface area contributed by atoms with Gasteiger partial charge in [-0.25, -0.2) is 18.6 Å². The minimum Gasteiger partial charge on any atom is -0.462 e. The molecule has 1 saturated carbocycles. The molecular formula is C10H9F2NO3S. The van der Waals surface area contributed by atoms with E-state index in [9.17, 15) is 18.4 Å². The second kappa shape index (κ2) is 4.14. The third-order valence-electron chi connectivity index (χ3n) is 2.37. The van der Waals surface area contributed by atoms with Crippen LogP contribution < -0.4 is 0 Å². The molecule has 1 fully saturated rings. The largest absolute Gasteiger partial charge is 0.462 e. The van der Waals surface area contributed by atoms with Gasteiger partial charge in [0.1, 0.15) is 15.6 Å². The number of carbonyl (C=O) groups is 2. The van der Waals surface area contributed by atoms with Gasteiger partial charge in [-0.2, -0.15) is 0 Å². The summed E-state index contributed by atoms with van der Waals surface area (Å²) in [6, 6.07) is 0. The summed E-state index contributed by atoms with van der Waals surface area (Å²) in [4.78, 5) is 25.9. The minimum absolute atomic E-state index is 0.000417. The van der Waals surface area contributed by atoms with Crippen molar-refractivity contribution in [2.45, 2.75) is 25.2 Å². The highest BCUT2D eigenvalue weighted by atomic mass is 32.1. The van der Waals surface area contributed by atoms with Gasteiger partial charge in [-0.05, 0) is 6.92 Å². The summed E-state index contributed by atoms with van der Waals surface area (Å²) >= 11 is 0.808. The number of hydrogen-bond acceptors (Lipinski definition) is 5. The summed E-state index contributed by atoms with van der Waals surface area (Å²) in [5.41, 5.74) is -0.119. The van der Waals surface area contributed by atoms with Crippen LogP contribution >= 0.6 is 11.3 Å². The predicted octanol–water partition coefficient (Wildman–Crippen LogP) is 2.25. The summed E-state index contributed by atoms with van der Waals surface area (Å²) in [7, 11) is 0. The van der Waals surface area contributed by atoms with E-state index in [1.54, 1.807) is 6.92 Å². The van der Waals surface area contributed by atoms with Crippen LogP contribution in [0, 0.1) is 0 Å². The Labute approximate surface area is 99.6 Å². The molecule has 1 aromatic rings. The zero-order valence-corrected chi connectivity index (χ0v) is 9.72. The standard InChI is InChI=1S/C10H9F2NO3S/c1-2-16-9(15)7-6(4-14)13-8(17-7)5-3-10(5,11)12/h4-5H,2-3H2,1H3. The van der Waals surface area contributed by atoms with Gasteiger partial charge in [-0.1, -0.05) is 0 Å². The first-order valence-electron chi connectivity index (χ1n) is 5.00. The summed E-state index contributed by atoms with van der Waals surface area (Å²) in [6.45, 7) is 1.78. The lowest BCUT2D eigenvalue weighted by atomic mass is 10.4. The van der Waals surface area contributed by atoms with Crippen molar-refractivity contribution in [1.29, 1.82) is 0 Å². The maximum atomic E-state index is 12.8. The van der Waals surface area contributed by atoms with Crippen LogP contribution in [0.3, 0.4) is 0 Å². The zero-order chi connectivity index (χ0) is 12.6. The predicted molar refractivity (Wildman–Crippen MR) is 55.8 cm³/mol. The Kier molecular flexibility index (Phi) is 2.94. The van der Waals surface area contributed by atoms with Crippen molar-refractivity contribution in [1.82, 2.24) is 4.98 Å². The molecule has 1 heterocycles. The number of carbonyl (C=O) groups excluding carboxylic acids is 2. The molecular weight excluding hydrogens is 252 g/mol. The van der Waals surface area contributed by atoms with Crippen LogP contribution in [0.25, 0.3) is 0 Å². The molecule has 17 heavy (non-hydrogen) atoms. The number of thiazole rings is 1. The van der Waals surface area contributed by atoms with E-state index in [0.29, 0.717) is 6.29 Å². The first kappa shape index (κ1) is 12.1. The second-order valence-electron chi connectivity index (χ2n) is 3.62. The normalized spacial score (nSPS) is 21.0. The Morgan fingerprint density at radius 2 is 2.35 bits per heavy atom. The molecule has 1 aromatic heterocycles. The molecule has 0 spiro atoms. The number of nitrogens with zero attached hydrogens (tertiary/aromatic N) is 1. The maximum Gasteiger partial charge on any atom is 0.350 e. The number of ether oxygens (including phenoxy) is 1. The monoisotopic (exact) mass is 261 g/mol. The van der Waals surface area contributed by atoms with Crippen LogP contribution in [0.2, 0.25) is 0 Å². The summed E-state index contributed by atoms with van der Waals surface area (Å²) in [5.74, 6) is -4.42. The second-order valence-corrected chi connectivity index (χ2v) is 4.65. The quantitative estimate of drug-likeness (QED) is 0.616. The zero-order valence-electron chi connectivity index (χ0n) is 8.91. The Balaban J connectivity index is 2.27. The Hall–Kier alpha value is -1.37. The van der Waals surface area contributed by atoms with E-state index in [4.69, 9.17) is 4.74 Å². The Morgan fingerprint density at radius 1 is 1.71 bits per heavy atom. The molecule has 0 saturated heterocycles. The van der Waals surface area contributed by atoms with Crippen LogP contribution in [0.5, 0.6) is 0 Å². The maximum absolute atomic E-state index is 12.8. The first-order valence-corrected chi connectivity index (χ1v) is 5.82.